The molecule has 0 saturated heterocycles. The lowest BCUT2D eigenvalue weighted by Crippen LogP contribution is -2.28. The van der Waals surface area contributed by atoms with E-state index < -0.39 is 0 Å². The lowest BCUT2D eigenvalue weighted by atomic mass is 9.87. The zero-order valence-electron chi connectivity index (χ0n) is 16.4. The van der Waals surface area contributed by atoms with Crippen molar-refractivity contribution in [2.24, 2.45) is 0 Å². The zero-order chi connectivity index (χ0) is 20.0. The van der Waals surface area contributed by atoms with Gasteiger partial charge in [-0.15, -0.1) is 11.3 Å². The maximum Gasteiger partial charge on any atom is 0.227 e. The molecule has 0 spiro atoms. The number of hydrogen-bond donors (Lipinski definition) is 1. The highest BCUT2D eigenvalue weighted by atomic mass is 32.1. The molecule has 0 unspecified atom stereocenters. The fourth-order valence-corrected chi connectivity index (χ4v) is 3.23. The van der Waals surface area contributed by atoms with Crippen molar-refractivity contribution in [1.82, 2.24) is 15.5 Å². The van der Waals surface area contributed by atoms with Gasteiger partial charge in [0.1, 0.15) is 12.4 Å². The molecule has 0 aliphatic heterocycles. The molecule has 148 valence electrons. The van der Waals surface area contributed by atoms with Crippen molar-refractivity contribution < 1.29 is 14.1 Å². The number of benzene rings is 1. The molecule has 0 radical (unpaired) electrons. The van der Waals surface area contributed by atoms with Gasteiger partial charge in [-0.05, 0) is 34.6 Å². The van der Waals surface area contributed by atoms with Crippen LogP contribution in [0.25, 0.3) is 10.7 Å². The van der Waals surface area contributed by atoms with E-state index in [-0.39, 0.29) is 11.3 Å². The van der Waals surface area contributed by atoms with Gasteiger partial charge in [-0.3, -0.25) is 4.79 Å². The minimum absolute atomic E-state index is 0.0671. The molecule has 0 fully saturated rings. The zero-order valence-corrected chi connectivity index (χ0v) is 17.2. The van der Waals surface area contributed by atoms with Crippen molar-refractivity contribution in [3.05, 3.63) is 53.2 Å². The standard InChI is InChI=1S/C21H25N3O3S/c1-21(2,3)15-6-8-16(9-7-15)26-13-12-22-18(25)10-11-19-23-20(24-27-19)17-5-4-14-28-17/h4-9,14H,10-13H2,1-3H3,(H,22,25). The molecule has 0 aliphatic rings. The fourth-order valence-electron chi connectivity index (χ4n) is 2.58. The van der Waals surface area contributed by atoms with Crippen LogP contribution >= 0.6 is 11.3 Å². The Kier molecular flexibility index (Phi) is 6.46. The van der Waals surface area contributed by atoms with E-state index in [1.54, 1.807) is 11.3 Å². The number of hydrogen-bond acceptors (Lipinski definition) is 6. The number of thiophene rings is 1. The highest BCUT2D eigenvalue weighted by Gasteiger charge is 2.13. The summed E-state index contributed by atoms with van der Waals surface area (Å²) in [6.07, 6.45) is 0.714. The first-order valence-electron chi connectivity index (χ1n) is 9.28. The van der Waals surface area contributed by atoms with E-state index in [4.69, 9.17) is 9.26 Å². The number of ether oxygens (including phenoxy) is 1. The Balaban J connectivity index is 1.35. The molecule has 0 bridgehead atoms. The van der Waals surface area contributed by atoms with Crippen LogP contribution in [0, 0.1) is 0 Å². The normalized spacial score (nSPS) is 11.4. The van der Waals surface area contributed by atoms with Crippen LogP contribution in [0.15, 0.2) is 46.3 Å². The summed E-state index contributed by atoms with van der Waals surface area (Å²) >= 11 is 1.55. The van der Waals surface area contributed by atoms with Crippen LogP contribution < -0.4 is 10.1 Å². The second kappa shape index (κ2) is 9.01. The molecule has 0 atom stereocenters. The first-order valence-corrected chi connectivity index (χ1v) is 10.2. The molecule has 3 rings (SSSR count). The summed E-state index contributed by atoms with van der Waals surface area (Å²) in [7, 11) is 0. The van der Waals surface area contributed by atoms with Crippen LogP contribution in [-0.4, -0.2) is 29.2 Å². The highest BCUT2D eigenvalue weighted by molar-refractivity contribution is 7.13. The molecule has 0 saturated carbocycles. The second-order valence-electron chi connectivity index (χ2n) is 7.46. The van der Waals surface area contributed by atoms with E-state index in [0.29, 0.717) is 37.7 Å². The summed E-state index contributed by atoms with van der Waals surface area (Å²) in [4.78, 5) is 17.2. The number of nitrogens with one attached hydrogen (secondary N) is 1. The molecule has 28 heavy (non-hydrogen) atoms. The summed E-state index contributed by atoms with van der Waals surface area (Å²) in [5.74, 6) is 1.77. The van der Waals surface area contributed by atoms with Crippen molar-refractivity contribution in [2.45, 2.75) is 39.0 Å². The van der Waals surface area contributed by atoms with Gasteiger partial charge in [-0.1, -0.05) is 44.1 Å². The molecule has 1 aromatic carbocycles. The molecular formula is C21H25N3O3S. The van der Waals surface area contributed by atoms with E-state index in [1.807, 2.05) is 29.6 Å². The van der Waals surface area contributed by atoms with Gasteiger partial charge in [0.25, 0.3) is 0 Å². The van der Waals surface area contributed by atoms with Gasteiger partial charge in [0.15, 0.2) is 0 Å². The first-order chi connectivity index (χ1) is 13.4. The Labute approximate surface area is 168 Å². The summed E-state index contributed by atoms with van der Waals surface area (Å²) < 4.78 is 10.9. The lowest BCUT2D eigenvalue weighted by molar-refractivity contribution is -0.121. The monoisotopic (exact) mass is 399 g/mol. The quantitative estimate of drug-likeness (QED) is 0.574. The smallest absolute Gasteiger partial charge is 0.227 e. The van der Waals surface area contributed by atoms with Crippen molar-refractivity contribution in [3.8, 4) is 16.5 Å². The third-order valence-corrected chi connectivity index (χ3v) is 5.05. The topological polar surface area (TPSA) is 77.2 Å². The van der Waals surface area contributed by atoms with Crippen molar-refractivity contribution in [2.75, 3.05) is 13.2 Å². The number of amides is 1. The molecule has 1 N–H and O–H groups in total. The van der Waals surface area contributed by atoms with Crippen LogP contribution in [0.2, 0.25) is 0 Å². The highest BCUT2D eigenvalue weighted by Crippen LogP contribution is 2.24. The third kappa shape index (κ3) is 5.66. The van der Waals surface area contributed by atoms with Crippen LogP contribution in [0.4, 0.5) is 0 Å². The number of aryl methyl sites for hydroxylation is 1. The first kappa shape index (κ1) is 20.1. The molecule has 0 aliphatic carbocycles. The maximum atomic E-state index is 12.0. The van der Waals surface area contributed by atoms with Crippen LogP contribution in [0.1, 0.15) is 38.6 Å². The molecule has 3 aromatic rings. The van der Waals surface area contributed by atoms with Gasteiger partial charge in [0.2, 0.25) is 17.6 Å². The lowest BCUT2D eigenvalue weighted by Gasteiger charge is -2.19. The van der Waals surface area contributed by atoms with Crippen molar-refractivity contribution in [3.63, 3.8) is 0 Å². The number of aromatic nitrogens is 2. The van der Waals surface area contributed by atoms with E-state index in [0.717, 1.165) is 10.6 Å². The van der Waals surface area contributed by atoms with E-state index in [2.05, 4.69) is 48.4 Å². The summed E-state index contributed by atoms with van der Waals surface area (Å²) in [6, 6.07) is 11.9. The van der Waals surface area contributed by atoms with Gasteiger partial charge in [0.05, 0.1) is 11.4 Å². The van der Waals surface area contributed by atoms with Gasteiger partial charge in [-0.2, -0.15) is 4.98 Å². The van der Waals surface area contributed by atoms with Crippen LogP contribution in [0.3, 0.4) is 0 Å². The predicted octanol–water partition coefficient (Wildman–Crippen LogP) is 4.22. The summed E-state index contributed by atoms with van der Waals surface area (Å²) in [6.45, 7) is 7.40. The van der Waals surface area contributed by atoms with Gasteiger partial charge in [-0.25, -0.2) is 0 Å². The average molecular weight is 400 g/mol. The Morgan fingerprint density at radius 1 is 1.21 bits per heavy atom. The fraction of sp³-hybridized carbons (Fsp3) is 0.381. The van der Waals surface area contributed by atoms with Crippen LogP contribution in [0.5, 0.6) is 5.75 Å². The number of carbonyl (C=O) groups excluding carboxylic acids is 1. The molecular weight excluding hydrogens is 374 g/mol. The summed E-state index contributed by atoms with van der Waals surface area (Å²) in [5, 5.41) is 8.74. The maximum absolute atomic E-state index is 12.0. The molecule has 6 nitrogen and oxygen atoms in total. The minimum atomic E-state index is -0.0671. The van der Waals surface area contributed by atoms with Gasteiger partial charge < -0.3 is 14.6 Å². The predicted molar refractivity (Wildman–Crippen MR) is 110 cm³/mol. The van der Waals surface area contributed by atoms with E-state index in [9.17, 15) is 4.79 Å². The molecule has 1 amide bonds. The number of rotatable bonds is 8. The van der Waals surface area contributed by atoms with Gasteiger partial charge in [0, 0.05) is 12.8 Å². The largest absolute Gasteiger partial charge is 0.492 e. The molecule has 7 heteroatoms. The van der Waals surface area contributed by atoms with Crippen molar-refractivity contribution in [1.29, 1.82) is 0 Å². The number of nitrogens with zero attached hydrogens (tertiary/aromatic N) is 2. The number of carbonyl (C=O) groups is 1. The third-order valence-electron chi connectivity index (χ3n) is 4.19. The Hall–Kier alpha value is -2.67. The molecule has 2 aromatic heterocycles. The second-order valence-corrected chi connectivity index (χ2v) is 8.41. The van der Waals surface area contributed by atoms with Crippen molar-refractivity contribution >= 4 is 17.2 Å². The average Bonchev–Trinajstić information content (AvgIpc) is 3.34. The Bertz CT molecular complexity index is 881. The molecule has 2 heterocycles. The Morgan fingerprint density at radius 2 is 2.00 bits per heavy atom. The van der Waals surface area contributed by atoms with Gasteiger partial charge >= 0.3 is 0 Å². The van der Waals surface area contributed by atoms with Crippen LogP contribution in [-0.2, 0) is 16.6 Å². The van der Waals surface area contributed by atoms with E-state index >= 15 is 0 Å². The van der Waals surface area contributed by atoms with E-state index in [1.165, 1.54) is 5.56 Å². The Morgan fingerprint density at radius 3 is 2.68 bits per heavy atom. The summed E-state index contributed by atoms with van der Waals surface area (Å²) in [5.41, 5.74) is 1.38. The SMILES string of the molecule is CC(C)(C)c1ccc(OCCNC(=O)CCc2nc(-c3cccs3)no2)cc1. The minimum Gasteiger partial charge on any atom is -0.492 e.